The first-order chi connectivity index (χ1) is 16.0. The van der Waals surface area contributed by atoms with Crippen LogP contribution in [0.1, 0.15) is 15.9 Å². The molecule has 3 rings (SSSR count). The smallest absolute Gasteiger partial charge is 0.395 e. The zero-order chi connectivity index (χ0) is 24.9. The van der Waals surface area contributed by atoms with E-state index < -0.39 is 27.7 Å². The van der Waals surface area contributed by atoms with Crippen LogP contribution >= 0.6 is 15.9 Å². The number of carbonyl (C=O) groups excluding carboxylic acids is 1. The molecule has 34 heavy (non-hydrogen) atoms. The minimum absolute atomic E-state index is 0.0231. The van der Waals surface area contributed by atoms with Gasteiger partial charge in [0.1, 0.15) is 0 Å². The summed E-state index contributed by atoms with van der Waals surface area (Å²) in [6.07, 6.45) is -4.72. The zero-order valence-electron chi connectivity index (χ0n) is 17.4. The number of benzene rings is 3. The number of amides is 1. The van der Waals surface area contributed by atoms with Crippen LogP contribution in [-0.2, 0) is 16.2 Å². The van der Waals surface area contributed by atoms with Crippen molar-refractivity contribution in [2.75, 3.05) is 28.5 Å². The molecule has 0 fully saturated rings. The molecule has 0 unspecified atom stereocenters. The van der Waals surface area contributed by atoms with Crippen LogP contribution in [0.15, 0.2) is 76.1 Å². The van der Waals surface area contributed by atoms with Crippen molar-refractivity contribution in [1.82, 2.24) is 0 Å². The van der Waals surface area contributed by atoms with Crippen LogP contribution in [0.25, 0.3) is 0 Å². The number of alkyl halides is 3. The van der Waals surface area contributed by atoms with Gasteiger partial charge in [-0.05, 0) is 48.5 Å². The largest absolute Gasteiger partial charge is 0.418 e. The first-order valence-electron chi connectivity index (χ1n) is 9.76. The summed E-state index contributed by atoms with van der Waals surface area (Å²) in [5.74, 6) is -0.823. The first kappa shape index (κ1) is 25.5. The zero-order valence-corrected chi connectivity index (χ0v) is 19.8. The molecule has 7 nitrogen and oxygen atoms in total. The van der Waals surface area contributed by atoms with Crippen LogP contribution in [0, 0.1) is 0 Å². The fraction of sp³-hybridized carbons (Fsp3) is 0.136. The lowest BCUT2D eigenvalue weighted by atomic mass is 10.1. The normalized spacial score (nSPS) is 11.7. The van der Waals surface area contributed by atoms with Gasteiger partial charge in [0.15, 0.2) is 0 Å². The maximum Gasteiger partial charge on any atom is 0.418 e. The van der Waals surface area contributed by atoms with Crippen molar-refractivity contribution in [3.63, 3.8) is 0 Å². The summed E-state index contributed by atoms with van der Waals surface area (Å²) in [6, 6.07) is 14.9. The Morgan fingerprint density at radius 2 is 1.65 bits per heavy atom. The van der Waals surface area contributed by atoms with E-state index in [1.54, 1.807) is 18.2 Å². The molecule has 0 atom stereocenters. The van der Waals surface area contributed by atoms with Crippen molar-refractivity contribution in [3.05, 3.63) is 82.3 Å². The third-order valence-electron chi connectivity index (χ3n) is 4.53. The number of nitrogens with one attached hydrogen (secondary N) is 3. The number of sulfonamides is 1. The van der Waals surface area contributed by atoms with Gasteiger partial charge < -0.3 is 15.7 Å². The van der Waals surface area contributed by atoms with E-state index in [-0.39, 0.29) is 40.7 Å². The number of halogens is 4. The van der Waals surface area contributed by atoms with Gasteiger partial charge in [-0.2, -0.15) is 13.2 Å². The van der Waals surface area contributed by atoms with Crippen molar-refractivity contribution in [3.8, 4) is 0 Å². The summed E-state index contributed by atoms with van der Waals surface area (Å²) in [4.78, 5) is 12.9. The maximum absolute atomic E-state index is 13.5. The molecule has 3 aromatic carbocycles. The minimum atomic E-state index is -4.72. The highest BCUT2D eigenvalue weighted by Crippen LogP contribution is 2.37. The van der Waals surface area contributed by atoms with Crippen LogP contribution in [0.5, 0.6) is 0 Å². The highest BCUT2D eigenvalue weighted by atomic mass is 79.9. The lowest BCUT2D eigenvalue weighted by molar-refractivity contribution is -0.136. The Kier molecular flexibility index (Phi) is 7.85. The number of aliphatic hydroxyl groups excluding tert-OH is 1. The number of carbonyl (C=O) groups is 1. The molecule has 4 N–H and O–H groups in total. The molecular formula is C22H19BrF3N3O4S. The van der Waals surface area contributed by atoms with Crippen LogP contribution in [0.4, 0.5) is 30.2 Å². The van der Waals surface area contributed by atoms with Crippen LogP contribution in [0.2, 0.25) is 0 Å². The van der Waals surface area contributed by atoms with Gasteiger partial charge in [0.2, 0.25) is 0 Å². The average Bonchev–Trinajstić information content (AvgIpc) is 2.79. The van der Waals surface area contributed by atoms with E-state index in [9.17, 15) is 26.4 Å². The molecule has 0 aliphatic rings. The lowest BCUT2D eigenvalue weighted by Gasteiger charge is -2.17. The molecule has 0 heterocycles. The Hall–Kier alpha value is -3.09. The summed E-state index contributed by atoms with van der Waals surface area (Å²) < 4.78 is 68.6. The Labute approximate surface area is 202 Å². The molecule has 0 radical (unpaired) electrons. The van der Waals surface area contributed by atoms with E-state index in [2.05, 4.69) is 31.3 Å². The molecular weight excluding hydrogens is 539 g/mol. The third kappa shape index (κ3) is 6.27. The van der Waals surface area contributed by atoms with E-state index in [0.717, 1.165) is 12.1 Å². The third-order valence-corrected chi connectivity index (χ3v) is 6.41. The van der Waals surface area contributed by atoms with E-state index in [1.165, 1.54) is 36.4 Å². The second-order valence-electron chi connectivity index (χ2n) is 6.97. The number of rotatable bonds is 8. The van der Waals surface area contributed by atoms with Gasteiger partial charge in [0.25, 0.3) is 15.9 Å². The van der Waals surface area contributed by atoms with Crippen molar-refractivity contribution >= 4 is 48.9 Å². The highest BCUT2D eigenvalue weighted by Gasteiger charge is 2.34. The molecule has 0 aliphatic heterocycles. The van der Waals surface area contributed by atoms with E-state index in [4.69, 9.17) is 5.11 Å². The summed E-state index contributed by atoms with van der Waals surface area (Å²) in [5, 5.41) is 13.7. The van der Waals surface area contributed by atoms with Gasteiger partial charge in [-0.25, -0.2) is 8.42 Å². The fourth-order valence-electron chi connectivity index (χ4n) is 3.00. The molecule has 0 aliphatic carbocycles. The molecule has 180 valence electrons. The van der Waals surface area contributed by atoms with E-state index in [0.29, 0.717) is 4.47 Å². The molecule has 0 saturated carbocycles. The Bertz CT molecular complexity index is 1290. The highest BCUT2D eigenvalue weighted by molar-refractivity contribution is 9.10. The number of aliphatic hydroxyl groups is 1. The molecule has 0 bridgehead atoms. The molecule has 0 aromatic heterocycles. The van der Waals surface area contributed by atoms with E-state index >= 15 is 0 Å². The van der Waals surface area contributed by atoms with Gasteiger partial charge in [-0.3, -0.25) is 9.52 Å². The molecule has 1 amide bonds. The predicted molar refractivity (Wildman–Crippen MR) is 126 cm³/mol. The van der Waals surface area contributed by atoms with Gasteiger partial charge >= 0.3 is 6.18 Å². The minimum Gasteiger partial charge on any atom is -0.395 e. The van der Waals surface area contributed by atoms with Crippen LogP contribution in [-0.4, -0.2) is 32.6 Å². The summed E-state index contributed by atoms with van der Waals surface area (Å²) in [7, 11) is -4.02. The summed E-state index contributed by atoms with van der Waals surface area (Å²) in [6.45, 7) is -0.446. The summed E-state index contributed by atoms with van der Waals surface area (Å²) in [5.41, 5.74) is -1.59. The summed E-state index contributed by atoms with van der Waals surface area (Å²) >= 11 is 3.21. The van der Waals surface area contributed by atoms with Crippen molar-refractivity contribution in [2.24, 2.45) is 0 Å². The average molecular weight is 558 g/mol. The molecule has 0 spiro atoms. The van der Waals surface area contributed by atoms with Crippen LogP contribution < -0.4 is 15.4 Å². The molecule has 3 aromatic rings. The first-order valence-corrected chi connectivity index (χ1v) is 12.0. The lowest BCUT2D eigenvalue weighted by Crippen LogP contribution is -2.19. The topological polar surface area (TPSA) is 108 Å². The predicted octanol–water partition coefficient (Wildman–Crippen LogP) is 4.93. The monoisotopic (exact) mass is 557 g/mol. The Morgan fingerprint density at radius 3 is 2.29 bits per heavy atom. The standard InChI is InChI=1S/C22H19BrF3N3O4S/c23-14-6-8-19(29-34(32,33)16-4-2-1-3-5-16)17(12-14)21(31)28-15-7-9-20(27-10-11-30)18(13-15)22(24,25)26/h1-9,12-13,27,29-30H,10-11H2,(H,28,31). The second-order valence-corrected chi connectivity index (χ2v) is 9.57. The molecule has 12 heteroatoms. The number of hydrogen-bond donors (Lipinski definition) is 4. The van der Waals surface area contributed by atoms with Gasteiger partial charge in [0, 0.05) is 22.4 Å². The number of hydrogen-bond acceptors (Lipinski definition) is 5. The quantitative estimate of drug-likeness (QED) is 0.314. The van der Waals surface area contributed by atoms with Crippen molar-refractivity contribution in [1.29, 1.82) is 0 Å². The Morgan fingerprint density at radius 1 is 0.971 bits per heavy atom. The number of anilines is 3. The maximum atomic E-state index is 13.5. The SMILES string of the molecule is O=C(Nc1ccc(NCCO)c(C(F)(F)F)c1)c1cc(Br)ccc1NS(=O)(=O)c1ccccc1. The van der Waals surface area contributed by atoms with Gasteiger partial charge in [-0.15, -0.1) is 0 Å². The van der Waals surface area contributed by atoms with Gasteiger partial charge in [-0.1, -0.05) is 34.1 Å². The van der Waals surface area contributed by atoms with Crippen LogP contribution in [0.3, 0.4) is 0 Å². The Balaban J connectivity index is 1.92. The van der Waals surface area contributed by atoms with E-state index in [1.807, 2.05) is 0 Å². The van der Waals surface area contributed by atoms with Crippen molar-refractivity contribution in [2.45, 2.75) is 11.1 Å². The second kappa shape index (κ2) is 10.5. The fourth-order valence-corrected chi connectivity index (χ4v) is 4.46. The van der Waals surface area contributed by atoms with Gasteiger partial charge in [0.05, 0.1) is 28.3 Å². The van der Waals surface area contributed by atoms with Crippen molar-refractivity contribution < 1.29 is 31.5 Å². The molecule has 0 saturated heterocycles.